The molecule has 0 spiro atoms. The van der Waals surface area contributed by atoms with Crippen molar-refractivity contribution in [1.29, 1.82) is 0 Å². The zero-order valence-electron chi connectivity index (χ0n) is 20.7. The first-order valence-electron chi connectivity index (χ1n) is 11.9. The Balaban J connectivity index is 1.41. The van der Waals surface area contributed by atoms with Gasteiger partial charge in [0.25, 0.3) is 0 Å². The second-order valence-corrected chi connectivity index (χ2v) is 15.3. The summed E-state index contributed by atoms with van der Waals surface area (Å²) >= 11 is 0. The van der Waals surface area contributed by atoms with E-state index in [0.29, 0.717) is 17.6 Å². The average Bonchev–Trinajstić information content (AvgIpc) is 2.79. The summed E-state index contributed by atoms with van der Waals surface area (Å²) in [4.78, 5) is 12.1. The summed E-state index contributed by atoms with van der Waals surface area (Å²) in [6.45, 7) is 11.1. The van der Waals surface area contributed by atoms with E-state index in [9.17, 15) is 9.82 Å². The van der Waals surface area contributed by atoms with Crippen LogP contribution in [0.1, 0.15) is 49.5 Å². The van der Waals surface area contributed by atoms with E-state index >= 15 is 0 Å². The summed E-state index contributed by atoms with van der Waals surface area (Å²) in [5.74, 6) is 1.65. The molecule has 0 aromatic heterocycles. The molecule has 176 valence electrons. The van der Waals surface area contributed by atoms with Crippen LogP contribution in [0.4, 0.5) is 0 Å². The lowest BCUT2D eigenvalue weighted by atomic mass is 9.79. The summed E-state index contributed by atoms with van der Waals surface area (Å²) in [5.41, 5.74) is 4.79. The first kappa shape index (κ1) is 24.3. The number of benzene rings is 3. The summed E-state index contributed by atoms with van der Waals surface area (Å²) in [6, 6.07) is 21.2. The van der Waals surface area contributed by atoms with E-state index in [0.717, 1.165) is 40.8 Å². The Kier molecular flexibility index (Phi) is 6.74. The number of rotatable bonds is 6. The summed E-state index contributed by atoms with van der Waals surface area (Å²) in [7, 11) is -2.97. The fourth-order valence-electron chi connectivity index (χ4n) is 3.90. The largest absolute Gasteiger partial charge is 0.560 e. The smallest absolute Gasteiger partial charge is 0.544 e. The molecule has 0 atom stereocenters. The van der Waals surface area contributed by atoms with Crippen LogP contribution in [0, 0.1) is 0 Å². The van der Waals surface area contributed by atoms with Gasteiger partial charge in [0.2, 0.25) is 8.32 Å². The molecular formula is C28H33BO4Si. The third kappa shape index (κ3) is 5.29. The summed E-state index contributed by atoms with van der Waals surface area (Å²) in [6.07, 6.45) is 2.51. The molecule has 0 saturated carbocycles. The lowest BCUT2D eigenvalue weighted by Crippen LogP contribution is -2.44. The SMILES string of the molecule is CC(C)(C)[Si](C)(C)Oc1ccc(B(O)Oc2ccc(-c3ccc4c(c3)CCCC4=O)cc2)cc1. The number of hydrogen-bond donors (Lipinski definition) is 1. The standard InChI is InChI=1S/C28H33BO4Si/c1-28(2,3)34(4,5)33-25-16-12-23(13-17-25)29(31)32-24-14-9-20(10-15-24)21-11-18-26-22(19-21)7-6-8-27(26)30/h9-19,31H,6-8H2,1-5H3. The van der Waals surface area contributed by atoms with Gasteiger partial charge in [0.05, 0.1) is 0 Å². The predicted octanol–water partition coefficient (Wildman–Crippen LogP) is 6.02. The quantitative estimate of drug-likeness (QED) is 0.446. The second kappa shape index (κ2) is 9.43. The number of carbonyl (C=O) groups is 1. The molecule has 34 heavy (non-hydrogen) atoms. The number of ketones is 1. The molecule has 1 aliphatic rings. The zero-order chi connectivity index (χ0) is 24.5. The van der Waals surface area contributed by atoms with Crippen molar-refractivity contribution >= 4 is 26.7 Å². The highest BCUT2D eigenvalue weighted by Gasteiger charge is 2.39. The van der Waals surface area contributed by atoms with Crippen molar-refractivity contribution in [1.82, 2.24) is 0 Å². The maximum Gasteiger partial charge on any atom is 0.560 e. The molecule has 0 aliphatic heterocycles. The molecule has 3 aromatic rings. The van der Waals surface area contributed by atoms with E-state index in [4.69, 9.17) is 9.08 Å². The molecule has 0 unspecified atom stereocenters. The van der Waals surface area contributed by atoms with Crippen molar-refractivity contribution in [3.8, 4) is 22.6 Å². The molecule has 6 heteroatoms. The first-order chi connectivity index (χ1) is 16.0. The van der Waals surface area contributed by atoms with Gasteiger partial charge in [-0.2, -0.15) is 0 Å². The van der Waals surface area contributed by atoms with Crippen LogP contribution < -0.4 is 14.5 Å². The van der Waals surface area contributed by atoms with Crippen LogP contribution >= 0.6 is 0 Å². The van der Waals surface area contributed by atoms with Gasteiger partial charge in [-0.25, -0.2) is 0 Å². The monoisotopic (exact) mass is 472 g/mol. The molecule has 0 fully saturated rings. The molecule has 4 rings (SSSR count). The Morgan fingerprint density at radius 2 is 1.47 bits per heavy atom. The molecule has 1 N–H and O–H groups in total. The highest BCUT2D eigenvalue weighted by molar-refractivity contribution is 6.74. The molecule has 4 nitrogen and oxygen atoms in total. The van der Waals surface area contributed by atoms with Crippen molar-refractivity contribution in [2.75, 3.05) is 0 Å². The van der Waals surface area contributed by atoms with Gasteiger partial charge in [-0.1, -0.05) is 63.2 Å². The van der Waals surface area contributed by atoms with E-state index in [1.165, 1.54) is 0 Å². The van der Waals surface area contributed by atoms with Crippen LogP contribution in [0.15, 0.2) is 66.7 Å². The third-order valence-electron chi connectivity index (χ3n) is 7.04. The van der Waals surface area contributed by atoms with Gasteiger partial charge in [-0.05, 0) is 77.4 Å². The van der Waals surface area contributed by atoms with Crippen LogP contribution in [-0.4, -0.2) is 26.2 Å². The van der Waals surface area contributed by atoms with Crippen molar-refractivity contribution in [3.05, 3.63) is 77.9 Å². The van der Waals surface area contributed by atoms with Gasteiger partial charge >= 0.3 is 7.12 Å². The summed E-state index contributed by atoms with van der Waals surface area (Å²) in [5, 5.41) is 10.7. The molecular weight excluding hydrogens is 439 g/mol. The van der Waals surface area contributed by atoms with Gasteiger partial charge < -0.3 is 14.1 Å². The lowest BCUT2D eigenvalue weighted by molar-refractivity contribution is 0.0972. The minimum absolute atomic E-state index is 0.122. The Morgan fingerprint density at radius 1 is 0.853 bits per heavy atom. The minimum atomic E-state index is -1.91. The zero-order valence-corrected chi connectivity index (χ0v) is 21.7. The minimum Gasteiger partial charge on any atom is -0.544 e. The highest BCUT2D eigenvalue weighted by Crippen LogP contribution is 2.37. The molecule has 0 amide bonds. The van der Waals surface area contributed by atoms with Gasteiger partial charge in [-0.15, -0.1) is 0 Å². The molecule has 3 aromatic carbocycles. The maximum atomic E-state index is 12.1. The van der Waals surface area contributed by atoms with Crippen LogP contribution in [0.5, 0.6) is 11.5 Å². The van der Waals surface area contributed by atoms with Crippen molar-refractivity contribution < 1.29 is 18.9 Å². The predicted molar refractivity (Wildman–Crippen MR) is 142 cm³/mol. The van der Waals surface area contributed by atoms with Gasteiger partial charge in [0, 0.05) is 12.0 Å². The number of hydrogen-bond acceptors (Lipinski definition) is 4. The van der Waals surface area contributed by atoms with Crippen LogP contribution in [0.25, 0.3) is 11.1 Å². The third-order valence-corrected chi connectivity index (χ3v) is 11.4. The Labute approximate surface area is 204 Å². The Morgan fingerprint density at radius 3 is 2.12 bits per heavy atom. The molecule has 0 bridgehead atoms. The second-order valence-electron chi connectivity index (χ2n) is 10.6. The Hall–Kier alpha value is -2.83. The van der Waals surface area contributed by atoms with E-state index in [1.807, 2.05) is 60.7 Å². The van der Waals surface area contributed by atoms with Crippen LogP contribution in [0.2, 0.25) is 18.1 Å². The van der Waals surface area contributed by atoms with E-state index < -0.39 is 15.4 Å². The number of fused-ring (bicyclic) bond motifs is 1. The number of carbonyl (C=O) groups excluding carboxylic acids is 1. The molecule has 0 saturated heterocycles. The maximum absolute atomic E-state index is 12.1. The van der Waals surface area contributed by atoms with E-state index in [2.05, 4.69) is 39.9 Å². The van der Waals surface area contributed by atoms with Crippen LogP contribution in [-0.2, 0) is 6.42 Å². The highest BCUT2D eigenvalue weighted by atomic mass is 28.4. The van der Waals surface area contributed by atoms with Gasteiger partial charge in [0.1, 0.15) is 11.5 Å². The van der Waals surface area contributed by atoms with Crippen LogP contribution in [0.3, 0.4) is 0 Å². The molecule has 0 radical (unpaired) electrons. The average molecular weight is 472 g/mol. The fraction of sp³-hybridized carbons (Fsp3) is 0.321. The van der Waals surface area contributed by atoms with E-state index in [1.54, 1.807) is 0 Å². The Bertz CT molecular complexity index is 1160. The van der Waals surface area contributed by atoms with Gasteiger partial charge in [-0.3, -0.25) is 4.79 Å². The first-order valence-corrected chi connectivity index (χ1v) is 14.8. The number of aryl methyl sites for hydroxylation is 1. The number of Topliss-reactive ketones (excluding diaryl/α,β-unsaturated/α-hetero) is 1. The normalized spacial score (nSPS) is 13.9. The van der Waals surface area contributed by atoms with Crippen molar-refractivity contribution in [2.24, 2.45) is 0 Å². The van der Waals surface area contributed by atoms with E-state index in [-0.39, 0.29) is 10.8 Å². The van der Waals surface area contributed by atoms with Crippen molar-refractivity contribution in [2.45, 2.75) is 58.2 Å². The summed E-state index contributed by atoms with van der Waals surface area (Å²) < 4.78 is 12.1. The van der Waals surface area contributed by atoms with Crippen molar-refractivity contribution in [3.63, 3.8) is 0 Å². The fourth-order valence-corrected chi connectivity index (χ4v) is 4.93. The topological polar surface area (TPSA) is 55.8 Å². The molecule has 1 aliphatic carbocycles. The lowest BCUT2D eigenvalue weighted by Gasteiger charge is -2.36. The molecule has 0 heterocycles. The van der Waals surface area contributed by atoms with Gasteiger partial charge in [0.15, 0.2) is 5.78 Å².